The fourth-order valence-electron chi connectivity index (χ4n) is 0.492. The molecule has 0 aliphatic heterocycles. The van der Waals surface area contributed by atoms with Crippen LogP contribution in [0.25, 0.3) is 0 Å². The molecule has 0 atom stereocenters. The Balaban J connectivity index is 3.86. The molecule has 0 saturated heterocycles. The maximum Gasteiger partial charge on any atom is 0.0161 e. The van der Waals surface area contributed by atoms with Crippen LogP contribution >= 0.6 is 15.9 Å². The van der Waals surface area contributed by atoms with E-state index in [0.29, 0.717) is 0 Å². The molecule has 0 aliphatic carbocycles. The molecule has 0 aliphatic rings. The zero-order chi connectivity index (χ0) is 7.28. The largest absolute Gasteiger partial charge is 0.0947 e. The van der Waals surface area contributed by atoms with Gasteiger partial charge in [-0.15, -0.1) is 0 Å². The van der Waals surface area contributed by atoms with Crippen LogP contribution in [0.15, 0.2) is 22.7 Å². The predicted molar refractivity (Wildman–Crippen MR) is 46.7 cm³/mol. The third-order valence-corrected chi connectivity index (χ3v) is 2.03. The summed E-state index contributed by atoms with van der Waals surface area (Å²) < 4.78 is 1.16. The Labute approximate surface area is 65.8 Å². The van der Waals surface area contributed by atoms with Gasteiger partial charge in [-0.2, -0.15) is 0 Å². The van der Waals surface area contributed by atoms with Crippen LogP contribution < -0.4 is 0 Å². The van der Waals surface area contributed by atoms with Gasteiger partial charge < -0.3 is 0 Å². The molecule has 52 valence electrons. The molecular formula is C8H13Br. The first-order valence-corrected chi connectivity index (χ1v) is 4.05. The number of allylic oxidation sites excluding steroid dienone is 3. The highest BCUT2D eigenvalue weighted by molar-refractivity contribution is 9.12. The number of hydrogen-bond donors (Lipinski definition) is 0. The second kappa shape index (κ2) is 4.80. The minimum absolute atomic E-state index is 1.02. The van der Waals surface area contributed by atoms with Gasteiger partial charge in [0.05, 0.1) is 0 Å². The average molecular weight is 189 g/mol. The normalized spacial score (nSPS) is 11.7. The maximum absolute atomic E-state index is 3.88. The van der Waals surface area contributed by atoms with Crippen molar-refractivity contribution in [1.82, 2.24) is 0 Å². The van der Waals surface area contributed by atoms with Crippen molar-refractivity contribution in [3.05, 3.63) is 22.7 Å². The minimum Gasteiger partial charge on any atom is -0.0947 e. The van der Waals surface area contributed by atoms with Crippen LogP contribution in [0.3, 0.4) is 0 Å². The third kappa shape index (κ3) is 3.52. The molecule has 0 radical (unpaired) electrons. The summed E-state index contributed by atoms with van der Waals surface area (Å²) >= 11 is 3.43. The summed E-state index contributed by atoms with van der Waals surface area (Å²) in [5.74, 6) is 0. The van der Waals surface area contributed by atoms with E-state index in [4.69, 9.17) is 0 Å². The Bertz CT molecular complexity index is 123. The molecule has 0 heterocycles. The van der Waals surface area contributed by atoms with Gasteiger partial charge in [0.15, 0.2) is 0 Å². The Hall–Kier alpha value is -0.0400. The molecule has 1 heteroatoms. The minimum atomic E-state index is 1.02. The molecule has 0 aromatic rings. The summed E-state index contributed by atoms with van der Waals surface area (Å²) in [5.41, 5.74) is 1.18. The summed E-state index contributed by atoms with van der Waals surface area (Å²) in [6, 6.07) is 0. The van der Waals surface area contributed by atoms with Crippen molar-refractivity contribution >= 4 is 15.9 Å². The zero-order valence-electron chi connectivity index (χ0n) is 6.08. The van der Waals surface area contributed by atoms with E-state index in [1.165, 1.54) is 5.57 Å². The van der Waals surface area contributed by atoms with Gasteiger partial charge in [0.2, 0.25) is 0 Å². The van der Waals surface area contributed by atoms with Crippen LogP contribution in [-0.4, -0.2) is 0 Å². The van der Waals surface area contributed by atoms with Crippen molar-refractivity contribution < 1.29 is 0 Å². The van der Waals surface area contributed by atoms with Gasteiger partial charge in [-0.05, 0) is 18.4 Å². The maximum atomic E-state index is 3.88. The van der Waals surface area contributed by atoms with Crippen molar-refractivity contribution in [2.75, 3.05) is 0 Å². The highest BCUT2D eigenvalue weighted by Crippen LogP contribution is 2.18. The average Bonchev–Trinajstić information content (AvgIpc) is 1.87. The van der Waals surface area contributed by atoms with E-state index in [9.17, 15) is 0 Å². The van der Waals surface area contributed by atoms with Gasteiger partial charge in [-0.25, -0.2) is 0 Å². The predicted octanol–water partition coefficient (Wildman–Crippen LogP) is 3.64. The van der Waals surface area contributed by atoms with Gasteiger partial charge in [0, 0.05) is 4.48 Å². The van der Waals surface area contributed by atoms with E-state index in [1.807, 2.05) is 0 Å². The Morgan fingerprint density at radius 2 is 2.11 bits per heavy atom. The molecule has 0 N–H and O–H groups in total. The van der Waals surface area contributed by atoms with Gasteiger partial charge in [-0.1, -0.05) is 42.4 Å². The molecule has 0 aromatic heterocycles. The van der Waals surface area contributed by atoms with Crippen LogP contribution in [0, 0.1) is 0 Å². The van der Waals surface area contributed by atoms with E-state index < -0.39 is 0 Å². The zero-order valence-corrected chi connectivity index (χ0v) is 7.66. The van der Waals surface area contributed by atoms with Gasteiger partial charge in [-0.3, -0.25) is 0 Å². The molecule has 0 fully saturated rings. The summed E-state index contributed by atoms with van der Waals surface area (Å²) in [7, 11) is 0. The fourth-order valence-corrected chi connectivity index (χ4v) is 1.10. The van der Waals surface area contributed by atoms with E-state index in [1.54, 1.807) is 0 Å². The molecule has 0 saturated carbocycles. The summed E-state index contributed by atoms with van der Waals surface area (Å²) in [4.78, 5) is 0. The summed E-state index contributed by atoms with van der Waals surface area (Å²) in [5, 5.41) is 0. The number of rotatable bonds is 3. The van der Waals surface area contributed by atoms with Crippen molar-refractivity contribution in [2.45, 2.75) is 26.7 Å². The van der Waals surface area contributed by atoms with E-state index >= 15 is 0 Å². The lowest BCUT2D eigenvalue weighted by Gasteiger charge is -1.97. The van der Waals surface area contributed by atoms with Crippen LogP contribution in [-0.2, 0) is 0 Å². The molecule has 0 bridgehead atoms. The molecule has 0 unspecified atom stereocenters. The molecule has 9 heavy (non-hydrogen) atoms. The molecule has 0 amide bonds. The highest BCUT2D eigenvalue weighted by atomic mass is 79.9. The van der Waals surface area contributed by atoms with Crippen LogP contribution in [0.2, 0.25) is 0 Å². The SMILES string of the molecule is C=C(CC)/C(Br)=C\CC. The Kier molecular flexibility index (Phi) is 4.78. The number of hydrogen-bond acceptors (Lipinski definition) is 0. The second-order valence-corrected chi connectivity index (χ2v) is 2.77. The van der Waals surface area contributed by atoms with Crippen LogP contribution in [0.1, 0.15) is 26.7 Å². The van der Waals surface area contributed by atoms with Gasteiger partial charge >= 0.3 is 0 Å². The van der Waals surface area contributed by atoms with Crippen LogP contribution in [0.5, 0.6) is 0 Å². The Morgan fingerprint density at radius 3 is 2.44 bits per heavy atom. The quantitative estimate of drug-likeness (QED) is 0.594. The van der Waals surface area contributed by atoms with E-state index in [-0.39, 0.29) is 0 Å². The third-order valence-electron chi connectivity index (χ3n) is 1.15. The number of halogens is 1. The van der Waals surface area contributed by atoms with Gasteiger partial charge in [0.25, 0.3) is 0 Å². The first kappa shape index (κ1) is 8.96. The molecule has 0 nitrogen and oxygen atoms in total. The van der Waals surface area contributed by atoms with Crippen molar-refractivity contribution in [3.63, 3.8) is 0 Å². The lowest BCUT2D eigenvalue weighted by molar-refractivity contribution is 1.13. The first-order chi connectivity index (χ1) is 4.22. The standard InChI is InChI=1S/C8H13Br/c1-4-6-8(9)7(3)5-2/h6H,3-5H2,1-2H3/b8-6+. The van der Waals surface area contributed by atoms with Crippen molar-refractivity contribution in [2.24, 2.45) is 0 Å². The molecule has 0 aromatic carbocycles. The lowest BCUT2D eigenvalue weighted by atomic mass is 10.2. The first-order valence-electron chi connectivity index (χ1n) is 3.26. The molecule has 0 rings (SSSR count). The summed E-state index contributed by atoms with van der Waals surface area (Å²) in [6.07, 6.45) is 4.22. The Morgan fingerprint density at radius 1 is 1.56 bits per heavy atom. The lowest BCUT2D eigenvalue weighted by Crippen LogP contribution is -1.75. The molecule has 0 spiro atoms. The van der Waals surface area contributed by atoms with Crippen LogP contribution in [0.4, 0.5) is 0 Å². The van der Waals surface area contributed by atoms with E-state index in [0.717, 1.165) is 17.3 Å². The molecular weight excluding hydrogens is 176 g/mol. The van der Waals surface area contributed by atoms with E-state index in [2.05, 4.69) is 42.4 Å². The van der Waals surface area contributed by atoms with Gasteiger partial charge in [0.1, 0.15) is 0 Å². The second-order valence-electron chi connectivity index (χ2n) is 1.92. The van der Waals surface area contributed by atoms with Crippen molar-refractivity contribution in [1.29, 1.82) is 0 Å². The monoisotopic (exact) mass is 188 g/mol. The fraction of sp³-hybridized carbons (Fsp3) is 0.500. The topological polar surface area (TPSA) is 0 Å². The highest BCUT2D eigenvalue weighted by Gasteiger charge is 1.91. The smallest absolute Gasteiger partial charge is 0.0161 e. The summed E-state index contributed by atoms with van der Waals surface area (Å²) in [6.45, 7) is 8.10. The van der Waals surface area contributed by atoms with Crippen molar-refractivity contribution in [3.8, 4) is 0 Å².